The largest absolute Gasteiger partial charge is 0.384 e. The molecule has 0 atom stereocenters. The van der Waals surface area contributed by atoms with Crippen LogP contribution in [0.25, 0.3) is 0 Å². The van der Waals surface area contributed by atoms with Crippen LogP contribution in [-0.4, -0.2) is 14.3 Å². The van der Waals surface area contributed by atoms with E-state index in [1.807, 2.05) is 6.92 Å². The third kappa shape index (κ3) is 3.90. The highest BCUT2D eigenvalue weighted by molar-refractivity contribution is 7.89. The standard InChI is InChI=1S/C15H17N3O2S/c1-11-2-8-14(9-3-11)21(19,20)18-10-12-4-6-13(7-5-12)15(16)17/h2-9,18H,10H2,1H3,(H3,16,17). The maximum absolute atomic E-state index is 12.1. The normalized spacial score (nSPS) is 11.3. The molecule has 4 N–H and O–H groups in total. The van der Waals surface area contributed by atoms with E-state index in [1.165, 1.54) is 0 Å². The second-order valence-electron chi connectivity index (χ2n) is 4.75. The minimum Gasteiger partial charge on any atom is -0.384 e. The van der Waals surface area contributed by atoms with Gasteiger partial charge >= 0.3 is 0 Å². The first kappa shape index (κ1) is 15.2. The van der Waals surface area contributed by atoms with Gasteiger partial charge in [-0.25, -0.2) is 13.1 Å². The Labute approximate surface area is 124 Å². The number of hydrogen-bond acceptors (Lipinski definition) is 3. The predicted octanol–water partition coefficient (Wildman–Crippen LogP) is 1.76. The lowest BCUT2D eigenvalue weighted by atomic mass is 10.1. The van der Waals surface area contributed by atoms with E-state index in [0.29, 0.717) is 5.56 Å². The topological polar surface area (TPSA) is 96.0 Å². The fourth-order valence-electron chi connectivity index (χ4n) is 1.78. The van der Waals surface area contributed by atoms with Gasteiger partial charge < -0.3 is 5.73 Å². The van der Waals surface area contributed by atoms with Crippen molar-refractivity contribution in [2.45, 2.75) is 18.4 Å². The highest BCUT2D eigenvalue weighted by Crippen LogP contribution is 2.11. The van der Waals surface area contributed by atoms with Crippen LogP contribution in [0.2, 0.25) is 0 Å². The van der Waals surface area contributed by atoms with Crippen molar-refractivity contribution in [3.05, 3.63) is 65.2 Å². The van der Waals surface area contributed by atoms with Crippen molar-refractivity contribution in [2.75, 3.05) is 0 Å². The molecule has 5 nitrogen and oxygen atoms in total. The zero-order chi connectivity index (χ0) is 15.5. The third-order valence-electron chi connectivity index (χ3n) is 3.06. The van der Waals surface area contributed by atoms with Gasteiger partial charge in [-0.2, -0.15) is 0 Å². The summed E-state index contributed by atoms with van der Waals surface area (Å²) < 4.78 is 26.8. The van der Waals surface area contributed by atoms with Gasteiger partial charge in [0.05, 0.1) is 4.90 Å². The molecular weight excluding hydrogens is 286 g/mol. The van der Waals surface area contributed by atoms with Gasteiger partial charge in [-0.1, -0.05) is 42.0 Å². The number of hydrogen-bond donors (Lipinski definition) is 3. The van der Waals surface area contributed by atoms with E-state index in [9.17, 15) is 8.42 Å². The Bertz CT molecular complexity index is 735. The maximum atomic E-state index is 12.1. The number of nitrogen functional groups attached to an aromatic ring is 1. The first-order valence-electron chi connectivity index (χ1n) is 6.38. The molecule has 0 spiro atoms. The Kier molecular flexibility index (Phi) is 4.40. The van der Waals surface area contributed by atoms with Crippen LogP contribution in [0.15, 0.2) is 53.4 Å². The quantitative estimate of drug-likeness (QED) is 0.580. The zero-order valence-corrected chi connectivity index (χ0v) is 12.4. The van der Waals surface area contributed by atoms with Gasteiger partial charge in [-0.3, -0.25) is 5.41 Å². The van der Waals surface area contributed by atoms with Crippen molar-refractivity contribution in [1.82, 2.24) is 4.72 Å². The molecule has 2 aromatic rings. The number of amidine groups is 1. The minimum absolute atomic E-state index is 0.0122. The summed E-state index contributed by atoms with van der Waals surface area (Å²) in [5.74, 6) is -0.0122. The molecule has 0 unspecified atom stereocenters. The molecule has 0 aliphatic carbocycles. The van der Waals surface area contributed by atoms with E-state index in [4.69, 9.17) is 11.1 Å². The van der Waals surface area contributed by atoms with Gasteiger partial charge in [0.1, 0.15) is 5.84 Å². The van der Waals surface area contributed by atoms with Crippen LogP contribution in [0.4, 0.5) is 0 Å². The second-order valence-corrected chi connectivity index (χ2v) is 6.52. The Balaban J connectivity index is 2.08. The first-order valence-corrected chi connectivity index (χ1v) is 7.86. The molecule has 0 aliphatic heterocycles. The Hall–Kier alpha value is -2.18. The van der Waals surface area contributed by atoms with Crippen molar-refractivity contribution < 1.29 is 8.42 Å². The van der Waals surface area contributed by atoms with Gasteiger partial charge in [0, 0.05) is 12.1 Å². The summed E-state index contributed by atoms with van der Waals surface area (Å²) >= 11 is 0. The predicted molar refractivity (Wildman–Crippen MR) is 82.7 cm³/mol. The van der Waals surface area contributed by atoms with Crippen LogP contribution in [0.5, 0.6) is 0 Å². The molecule has 0 fully saturated rings. The molecule has 0 saturated carbocycles. The molecule has 0 heterocycles. The molecule has 110 valence electrons. The number of rotatable bonds is 5. The number of nitrogens with one attached hydrogen (secondary N) is 2. The highest BCUT2D eigenvalue weighted by Gasteiger charge is 2.13. The lowest BCUT2D eigenvalue weighted by molar-refractivity contribution is 0.581. The van der Waals surface area contributed by atoms with Crippen molar-refractivity contribution in [3.8, 4) is 0 Å². The van der Waals surface area contributed by atoms with Crippen LogP contribution in [0.1, 0.15) is 16.7 Å². The van der Waals surface area contributed by atoms with Gasteiger partial charge in [-0.15, -0.1) is 0 Å². The van der Waals surface area contributed by atoms with Crippen molar-refractivity contribution >= 4 is 15.9 Å². The third-order valence-corrected chi connectivity index (χ3v) is 4.48. The number of benzene rings is 2. The van der Waals surface area contributed by atoms with Gasteiger partial charge in [0.2, 0.25) is 10.0 Å². The van der Waals surface area contributed by atoms with Crippen molar-refractivity contribution in [3.63, 3.8) is 0 Å². The molecule has 0 amide bonds. The van der Waals surface area contributed by atoms with Crippen LogP contribution >= 0.6 is 0 Å². The van der Waals surface area contributed by atoms with Crippen molar-refractivity contribution in [1.29, 1.82) is 5.41 Å². The van der Waals surface area contributed by atoms with E-state index in [1.54, 1.807) is 48.5 Å². The smallest absolute Gasteiger partial charge is 0.240 e. The Morgan fingerprint density at radius 3 is 2.19 bits per heavy atom. The average Bonchev–Trinajstić information content (AvgIpc) is 2.46. The molecule has 0 aliphatic rings. The molecule has 0 bridgehead atoms. The fraction of sp³-hybridized carbons (Fsp3) is 0.133. The summed E-state index contributed by atoms with van der Waals surface area (Å²) in [5, 5.41) is 7.30. The fourth-order valence-corrected chi connectivity index (χ4v) is 2.80. The van der Waals surface area contributed by atoms with Crippen LogP contribution in [0, 0.1) is 12.3 Å². The second kappa shape index (κ2) is 6.07. The Morgan fingerprint density at radius 1 is 1.10 bits per heavy atom. The monoisotopic (exact) mass is 303 g/mol. The highest BCUT2D eigenvalue weighted by atomic mass is 32.2. The van der Waals surface area contributed by atoms with E-state index >= 15 is 0 Å². The van der Waals surface area contributed by atoms with E-state index in [2.05, 4.69) is 4.72 Å². The summed E-state index contributed by atoms with van der Waals surface area (Å²) in [6.07, 6.45) is 0. The zero-order valence-electron chi connectivity index (χ0n) is 11.6. The number of nitrogens with two attached hydrogens (primary N) is 1. The lowest BCUT2D eigenvalue weighted by Crippen LogP contribution is -2.23. The number of aryl methyl sites for hydroxylation is 1. The summed E-state index contributed by atoms with van der Waals surface area (Å²) in [6.45, 7) is 2.09. The van der Waals surface area contributed by atoms with Crippen molar-refractivity contribution in [2.24, 2.45) is 5.73 Å². The first-order chi connectivity index (χ1) is 9.88. The average molecular weight is 303 g/mol. The minimum atomic E-state index is -3.52. The maximum Gasteiger partial charge on any atom is 0.240 e. The van der Waals surface area contributed by atoms with E-state index in [-0.39, 0.29) is 17.3 Å². The Morgan fingerprint density at radius 2 is 1.67 bits per heavy atom. The van der Waals surface area contributed by atoms with E-state index < -0.39 is 10.0 Å². The SMILES string of the molecule is Cc1ccc(S(=O)(=O)NCc2ccc(C(=N)N)cc2)cc1. The molecule has 2 aromatic carbocycles. The molecule has 21 heavy (non-hydrogen) atoms. The molecule has 0 aromatic heterocycles. The molecular formula is C15H17N3O2S. The van der Waals surface area contributed by atoms with Gasteiger partial charge in [-0.05, 0) is 24.6 Å². The summed E-state index contributed by atoms with van der Waals surface area (Å²) in [6, 6.07) is 13.6. The molecule has 6 heteroatoms. The molecule has 0 saturated heterocycles. The molecule has 0 radical (unpaired) electrons. The summed E-state index contributed by atoms with van der Waals surface area (Å²) in [7, 11) is -3.52. The number of sulfonamides is 1. The summed E-state index contributed by atoms with van der Waals surface area (Å²) in [4.78, 5) is 0.244. The van der Waals surface area contributed by atoms with Gasteiger partial charge in [0.15, 0.2) is 0 Å². The molecule has 2 rings (SSSR count). The van der Waals surface area contributed by atoms with Crippen LogP contribution in [-0.2, 0) is 16.6 Å². The van der Waals surface area contributed by atoms with Crippen LogP contribution in [0.3, 0.4) is 0 Å². The summed E-state index contributed by atoms with van der Waals surface area (Å²) in [5.41, 5.74) is 7.79. The lowest BCUT2D eigenvalue weighted by Gasteiger charge is -2.08. The van der Waals surface area contributed by atoms with E-state index in [0.717, 1.165) is 11.1 Å². The van der Waals surface area contributed by atoms with Gasteiger partial charge in [0.25, 0.3) is 0 Å². The van der Waals surface area contributed by atoms with Crippen LogP contribution < -0.4 is 10.5 Å².